The van der Waals surface area contributed by atoms with Crippen LogP contribution in [0.4, 0.5) is 5.69 Å². The summed E-state index contributed by atoms with van der Waals surface area (Å²) < 4.78 is 0. The molecule has 0 fully saturated rings. The average Bonchev–Trinajstić information content (AvgIpc) is 2.90. The molecule has 1 aromatic heterocycles. The summed E-state index contributed by atoms with van der Waals surface area (Å²) in [5, 5.41) is 4.82. The fourth-order valence-corrected chi connectivity index (χ4v) is 1.98. The molecule has 0 unspecified atom stereocenters. The molecule has 0 aliphatic rings. The molecule has 1 heterocycles. The van der Waals surface area contributed by atoms with Gasteiger partial charge in [-0.25, -0.2) is 0 Å². The van der Waals surface area contributed by atoms with Gasteiger partial charge in [0.25, 0.3) is 0 Å². The van der Waals surface area contributed by atoms with E-state index in [1.165, 1.54) is 0 Å². The largest absolute Gasteiger partial charge is 0.326 e. The van der Waals surface area contributed by atoms with Gasteiger partial charge in [0.1, 0.15) is 0 Å². The lowest BCUT2D eigenvalue weighted by Gasteiger charge is -2.03. The van der Waals surface area contributed by atoms with Crippen molar-refractivity contribution in [3.8, 4) is 11.8 Å². The summed E-state index contributed by atoms with van der Waals surface area (Å²) in [5.74, 6) is 6.19. The number of carbonyl (C=O) groups is 1. The second-order valence-corrected chi connectivity index (χ2v) is 4.66. The van der Waals surface area contributed by atoms with E-state index in [4.69, 9.17) is 0 Å². The zero-order valence-electron chi connectivity index (χ0n) is 10.1. The van der Waals surface area contributed by atoms with E-state index in [1.807, 2.05) is 48.7 Å². The van der Waals surface area contributed by atoms with Gasteiger partial charge in [0.2, 0.25) is 5.91 Å². The second kappa shape index (κ2) is 6.04. The third kappa shape index (κ3) is 3.47. The fourth-order valence-electron chi connectivity index (χ4n) is 1.41. The van der Waals surface area contributed by atoms with Gasteiger partial charge in [-0.2, -0.15) is 0 Å². The minimum atomic E-state index is 0.0124. The van der Waals surface area contributed by atoms with Crippen LogP contribution in [-0.2, 0) is 4.79 Å². The van der Waals surface area contributed by atoms with E-state index < -0.39 is 0 Å². The first-order chi connectivity index (χ1) is 8.78. The third-order valence-electron chi connectivity index (χ3n) is 2.32. The van der Waals surface area contributed by atoms with Crippen LogP contribution in [0.3, 0.4) is 0 Å². The SMILES string of the molecule is CCC(=O)Nc1cccc(C#Cc2cccs2)c1. The number of benzene rings is 1. The summed E-state index contributed by atoms with van der Waals surface area (Å²) in [6.07, 6.45) is 0.477. The molecule has 0 aliphatic heterocycles. The van der Waals surface area contributed by atoms with E-state index in [-0.39, 0.29) is 5.91 Å². The van der Waals surface area contributed by atoms with Crippen molar-refractivity contribution in [2.24, 2.45) is 0 Å². The van der Waals surface area contributed by atoms with Crippen LogP contribution < -0.4 is 5.32 Å². The van der Waals surface area contributed by atoms with E-state index >= 15 is 0 Å². The molecule has 0 spiro atoms. The molecule has 1 amide bonds. The van der Waals surface area contributed by atoms with Crippen molar-refractivity contribution in [2.45, 2.75) is 13.3 Å². The number of rotatable bonds is 2. The van der Waals surface area contributed by atoms with Gasteiger partial charge >= 0.3 is 0 Å². The number of hydrogen-bond donors (Lipinski definition) is 1. The Morgan fingerprint density at radius 2 is 2.17 bits per heavy atom. The smallest absolute Gasteiger partial charge is 0.224 e. The van der Waals surface area contributed by atoms with Crippen LogP contribution in [0.25, 0.3) is 0 Å². The predicted octanol–water partition coefficient (Wildman–Crippen LogP) is 3.50. The van der Waals surface area contributed by atoms with Crippen LogP contribution in [0.15, 0.2) is 41.8 Å². The molecule has 90 valence electrons. The summed E-state index contributed by atoms with van der Waals surface area (Å²) >= 11 is 1.62. The first kappa shape index (κ1) is 12.4. The molecule has 18 heavy (non-hydrogen) atoms. The zero-order chi connectivity index (χ0) is 12.8. The quantitative estimate of drug-likeness (QED) is 0.818. The van der Waals surface area contributed by atoms with Gasteiger partial charge < -0.3 is 5.32 Å². The van der Waals surface area contributed by atoms with Gasteiger partial charge in [-0.15, -0.1) is 11.3 Å². The highest BCUT2D eigenvalue weighted by Gasteiger charge is 1.98. The third-order valence-corrected chi connectivity index (χ3v) is 3.10. The second-order valence-electron chi connectivity index (χ2n) is 3.71. The van der Waals surface area contributed by atoms with Gasteiger partial charge in [-0.1, -0.05) is 30.9 Å². The van der Waals surface area contributed by atoms with Crippen molar-refractivity contribution in [3.63, 3.8) is 0 Å². The Balaban J connectivity index is 2.15. The fraction of sp³-hybridized carbons (Fsp3) is 0.133. The van der Waals surface area contributed by atoms with Gasteiger partial charge in [0.15, 0.2) is 0 Å². The molecule has 2 nitrogen and oxygen atoms in total. The van der Waals surface area contributed by atoms with Crippen LogP contribution in [0.5, 0.6) is 0 Å². The van der Waals surface area contributed by atoms with Crippen molar-refractivity contribution >= 4 is 22.9 Å². The van der Waals surface area contributed by atoms with Gasteiger partial charge in [-0.05, 0) is 29.6 Å². The van der Waals surface area contributed by atoms with Crippen molar-refractivity contribution in [1.82, 2.24) is 0 Å². The molecule has 0 bridgehead atoms. The molecular weight excluding hydrogens is 242 g/mol. The highest BCUT2D eigenvalue weighted by Crippen LogP contribution is 2.11. The average molecular weight is 255 g/mol. The van der Waals surface area contributed by atoms with Crippen LogP contribution in [0.2, 0.25) is 0 Å². The first-order valence-corrected chi connectivity index (χ1v) is 6.61. The van der Waals surface area contributed by atoms with E-state index in [0.29, 0.717) is 6.42 Å². The minimum Gasteiger partial charge on any atom is -0.326 e. The van der Waals surface area contributed by atoms with Crippen molar-refractivity contribution < 1.29 is 4.79 Å². The predicted molar refractivity (Wildman–Crippen MR) is 75.7 cm³/mol. The van der Waals surface area contributed by atoms with Crippen molar-refractivity contribution in [1.29, 1.82) is 0 Å². The lowest BCUT2D eigenvalue weighted by Crippen LogP contribution is -2.09. The maximum atomic E-state index is 11.3. The lowest BCUT2D eigenvalue weighted by atomic mass is 10.2. The highest BCUT2D eigenvalue weighted by molar-refractivity contribution is 7.10. The first-order valence-electron chi connectivity index (χ1n) is 5.73. The van der Waals surface area contributed by atoms with Crippen LogP contribution >= 0.6 is 11.3 Å². The van der Waals surface area contributed by atoms with Gasteiger partial charge in [-0.3, -0.25) is 4.79 Å². The number of nitrogens with one attached hydrogen (secondary N) is 1. The van der Waals surface area contributed by atoms with Gasteiger partial charge in [0.05, 0.1) is 4.88 Å². The molecule has 1 N–H and O–H groups in total. The Morgan fingerprint density at radius 3 is 2.89 bits per heavy atom. The molecule has 1 aromatic carbocycles. The Morgan fingerprint density at radius 1 is 1.28 bits per heavy atom. The number of anilines is 1. The van der Waals surface area contributed by atoms with Crippen LogP contribution in [0, 0.1) is 11.8 Å². The van der Waals surface area contributed by atoms with E-state index in [0.717, 1.165) is 16.1 Å². The maximum absolute atomic E-state index is 11.3. The summed E-state index contributed by atoms with van der Waals surface area (Å²) in [7, 11) is 0. The van der Waals surface area contributed by atoms with Gasteiger partial charge in [0, 0.05) is 17.7 Å². The minimum absolute atomic E-state index is 0.0124. The van der Waals surface area contributed by atoms with E-state index in [2.05, 4.69) is 17.2 Å². The van der Waals surface area contributed by atoms with Crippen LogP contribution in [0.1, 0.15) is 23.8 Å². The molecule has 0 saturated heterocycles. The summed E-state index contributed by atoms with van der Waals surface area (Å²) in [6.45, 7) is 1.83. The topological polar surface area (TPSA) is 29.1 Å². The monoisotopic (exact) mass is 255 g/mol. The Hall–Kier alpha value is -2.05. The molecule has 0 saturated carbocycles. The molecular formula is C15H13NOS. The summed E-state index contributed by atoms with van der Waals surface area (Å²) in [4.78, 5) is 12.3. The standard InChI is InChI=1S/C15H13NOS/c1-2-15(17)16-13-6-3-5-12(11-13)8-9-14-7-4-10-18-14/h3-7,10-11H,2H2,1H3,(H,16,17). The van der Waals surface area contributed by atoms with Crippen LogP contribution in [-0.4, -0.2) is 5.91 Å². The van der Waals surface area contributed by atoms with Crippen molar-refractivity contribution in [2.75, 3.05) is 5.32 Å². The molecule has 0 radical (unpaired) electrons. The maximum Gasteiger partial charge on any atom is 0.224 e. The summed E-state index contributed by atoms with van der Waals surface area (Å²) in [5.41, 5.74) is 1.69. The Bertz CT molecular complexity index is 590. The number of carbonyl (C=O) groups excluding carboxylic acids is 1. The molecule has 3 heteroatoms. The molecule has 2 rings (SSSR count). The number of thiophene rings is 1. The Kier molecular flexibility index (Phi) is 4.16. The zero-order valence-corrected chi connectivity index (χ0v) is 10.9. The normalized spacial score (nSPS) is 9.39. The highest BCUT2D eigenvalue weighted by atomic mass is 32.1. The number of amides is 1. The molecule has 0 atom stereocenters. The Labute approximate surface area is 111 Å². The van der Waals surface area contributed by atoms with Crippen molar-refractivity contribution in [3.05, 3.63) is 52.2 Å². The lowest BCUT2D eigenvalue weighted by molar-refractivity contribution is -0.115. The molecule has 2 aromatic rings. The number of hydrogen-bond acceptors (Lipinski definition) is 2. The van der Waals surface area contributed by atoms with E-state index in [1.54, 1.807) is 11.3 Å². The summed E-state index contributed by atoms with van der Waals surface area (Å²) in [6, 6.07) is 11.5. The molecule has 0 aliphatic carbocycles. The van der Waals surface area contributed by atoms with E-state index in [9.17, 15) is 4.79 Å².